The molecule has 0 N–H and O–H groups in total. The second-order valence-electron chi connectivity index (χ2n) is 6.57. The summed E-state index contributed by atoms with van der Waals surface area (Å²) in [6.07, 6.45) is 0.938. The lowest BCUT2D eigenvalue weighted by molar-refractivity contribution is -0.119. The highest BCUT2D eigenvalue weighted by Gasteiger charge is 2.24. The molecule has 2 aliphatic rings. The number of hydrogen-bond acceptors (Lipinski definition) is 4. The third-order valence-electron chi connectivity index (χ3n) is 4.65. The van der Waals surface area contributed by atoms with Gasteiger partial charge in [0.25, 0.3) is 0 Å². The molecule has 130 valence electrons. The summed E-state index contributed by atoms with van der Waals surface area (Å²) in [7, 11) is 1.97. The Morgan fingerprint density at radius 1 is 1.12 bits per heavy atom. The van der Waals surface area contributed by atoms with Gasteiger partial charge < -0.3 is 14.4 Å². The topological polar surface area (TPSA) is 42.0 Å². The summed E-state index contributed by atoms with van der Waals surface area (Å²) in [4.78, 5) is 16.6. The van der Waals surface area contributed by atoms with Crippen LogP contribution < -0.4 is 14.4 Å². The number of anilines is 1. The van der Waals surface area contributed by atoms with Crippen molar-refractivity contribution in [2.24, 2.45) is 0 Å². The van der Waals surface area contributed by atoms with Crippen LogP contribution in [0.1, 0.15) is 11.1 Å². The van der Waals surface area contributed by atoms with Crippen molar-refractivity contribution in [1.29, 1.82) is 0 Å². The average molecular weight is 338 g/mol. The number of amides is 1. The van der Waals surface area contributed by atoms with Gasteiger partial charge in [-0.2, -0.15) is 0 Å². The zero-order valence-corrected chi connectivity index (χ0v) is 14.4. The Bertz CT molecular complexity index is 790. The summed E-state index contributed by atoms with van der Waals surface area (Å²) >= 11 is 0. The van der Waals surface area contributed by atoms with Gasteiger partial charge in [-0.15, -0.1) is 0 Å². The van der Waals surface area contributed by atoms with Crippen molar-refractivity contribution >= 4 is 11.6 Å². The lowest BCUT2D eigenvalue weighted by atomic mass is 10.2. The molecule has 4 rings (SSSR count). The van der Waals surface area contributed by atoms with Gasteiger partial charge in [-0.25, -0.2) is 0 Å². The molecule has 0 saturated carbocycles. The summed E-state index contributed by atoms with van der Waals surface area (Å²) < 4.78 is 11.2. The molecule has 0 unspecified atom stereocenters. The molecule has 0 aromatic heterocycles. The van der Waals surface area contributed by atoms with Gasteiger partial charge >= 0.3 is 0 Å². The van der Waals surface area contributed by atoms with Gasteiger partial charge in [0.15, 0.2) is 11.5 Å². The second-order valence-corrected chi connectivity index (χ2v) is 6.57. The fraction of sp³-hybridized carbons (Fsp3) is 0.350. The maximum absolute atomic E-state index is 12.7. The zero-order chi connectivity index (χ0) is 17.2. The van der Waals surface area contributed by atoms with E-state index in [1.807, 2.05) is 53.2 Å². The lowest BCUT2D eigenvalue weighted by Gasteiger charge is -2.23. The number of likely N-dealkylation sites (N-methyl/N-ethyl adjacent to an activating group) is 1. The van der Waals surface area contributed by atoms with Gasteiger partial charge in [0.2, 0.25) is 5.91 Å². The number of fused-ring (bicyclic) bond motifs is 2. The fourth-order valence-corrected chi connectivity index (χ4v) is 3.47. The first-order chi connectivity index (χ1) is 12.2. The zero-order valence-electron chi connectivity index (χ0n) is 14.4. The second kappa shape index (κ2) is 6.76. The third-order valence-corrected chi connectivity index (χ3v) is 4.65. The number of benzene rings is 2. The normalized spacial score (nSPS) is 15.4. The molecule has 5 nitrogen and oxygen atoms in total. The Morgan fingerprint density at radius 3 is 2.80 bits per heavy atom. The van der Waals surface area contributed by atoms with E-state index in [1.165, 1.54) is 5.56 Å². The maximum Gasteiger partial charge on any atom is 0.241 e. The number of rotatable bonds is 4. The van der Waals surface area contributed by atoms with Crippen molar-refractivity contribution in [2.75, 3.05) is 38.3 Å². The molecule has 2 heterocycles. The summed E-state index contributed by atoms with van der Waals surface area (Å²) in [5, 5.41) is 0. The van der Waals surface area contributed by atoms with Crippen LogP contribution in [0.4, 0.5) is 5.69 Å². The molecule has 2 aliphatic heterocycles. The first-order valence-corrected chi connectivity index (χ1v) is 8.66. The Hall–Kier alpha value is -2.53. The number of nitrogens with zero attached hydrogens (tertiary/aromatic N) is 2. The molecule has 0 atom stereocenters. The van der Waals surface area contributed by atoms with E-state index in [2.05, 4.69) is 6.07 Å². The molecule has 1 amide bonds. The standard InChI is InChI=1S/C20H22N2O3/c1-21(13-15-6-7-18-19(12-15)25-11-10-24-18)14-20(23)22-9-8-16-4-2-3-5-17(16)22/h2-7,12H,8-11,13-14H2,1H3. The van der Waals surface area contributed by atoms with Crippen LogP contribution in [0, 0.1) is 0 Å². The average Bonchev–Trinajstić information content (AvgIpc) is 3.05. The van der Waals surface area contributed by atoms with Gasteiger partial charge in [-0.1, -0.05) is 24.3 Å². The molecular weight excluding hydrogens is 316 g/mol. The molecule has 0 aliphatic carbocycles. The first kappa shape index (κ1) is 16.0. The van der Waals surface area contributed by atoms with Crippen molar-refractivity contribution < 1.29 is 14.3 Å². The van der Waals surface area contributed by atoms with Crippen LogP contribution in [-0.2, 0) is 17.8 Å². The maximum atomic E-state index is 12.7. The minimum absolute atomic E-state index is 0.144. The molecule has 0 radical (unpaired) electrons. The number of hydrogen-bond donors (Lipinski definition) is 0. The van der Waals surface area contributed by atoms with Crippen LogP contribution in [-0.4, -0.2) is 44.2 Å². The van der Waals surface area contributed by atoms with Crippen LogP contribution in [0.15, 0.2) is 42.5 Å². The van der Waals surface area contributed by atoms with E-state index in [1.54, 1.807) is 0 Å². The highest BCUT2D eigenvalue weighted by atomic mass is 16.6. The van der Waals surface area contributed by atoms with E-state index in [4.69, 9.17) is 9.47 Å². The van der Waals surface area contributed by atoms with E-state index in [0.29, 0.717) is 26.3 Å². The molecule has 5 heteroatoms. The molecular formula is C20H22N2O3. The van der Waals surface area contributed by atoms with E-state index < -0.39 is 0 Å². The summed E-state index contributed by atoms with van der Waals surface area (Å²) in [5.74, 6) is 1.73. The smallest absolute Gasteiger partial charge is 0.241 e. The van der Waals surface area contributed by atoms with Crippen LogP contribution >= 0.6 is 0 Å². The third kappa shape index (κ3) is 3.33. The van der Waals surface area contributed by atoms with Crippen LogP contribution in [0.3, 0.4) is 0 Å². The monoisotopic (exact) mass is 338 g/mol. The SMILES string of the molecule is CN(CC(=O)N1CCc2ccccc21)Cc1ccc2c(c1)OCCO2. The van der Waals surface area contributed by atoms with Crippen molar-refractivity contribution in [1.82, 2.24) is 4.90 Å². The van der Waals surface area contributed by atoms with Gasteiger partial charge in [0.05, 0.1) is 6.54 Å². The largest absolute Gasteiger partial charge is 0.486 e. The van der Waals surface area contributed by atoms with Crippen molar-refractivity contribution in [3.63, 3.8) is 0 Å². The number of para-hydroxylation sites is 1. The molecule has 0 fully saturated rings. The predicted octanol–water partition coefficient (Wildman–Crippen LogP) is 2.48. The highest BCUT2D eigenvalue weighted by molar-refractivity contribution is 5.96. The summed E-state index contributed by atoms with van der Waals surface area (Å²) in [5.41, 5.74) is 3.42. The summed E-state index contributed by atoms with van der Waals surface area (Å²) in [6, 6.07) is 14.1. The fourth-order valence-electron chi connectivity index (χ4n) is 3.47. The predicted molar refractivity (Wildman–Crippen MR) is 96.3 cm³/mol. The van der Waals surface area contributed by atoms with Gasteiger partial charge in [-0.3, -0.25) is 9.69 Å². The Morgan fingerprint density at radius 2 is 1.92 bits per heavy atom. The number of ether oxygens (including phenoxy) is 2. The molecule has 2 aromatic rings. The summed E-state index contributed by atoms with van der Waals surface area (Å²) in [6.45, 7) is 3.04. The van der Waals surface area contributed by atoms with Crippen LogP contribution in [0.25, 0.3) is 0 Å². The molecule has 0 spiro atoms. The highest BCUT2D eigenvalue weighted by Crippen LogP contribution is 2.31. The van der Waals surface area contributed by atoms with Gasteiger partial charge in [0, 0.05) is 18.8 Å². The minimum Gasteiger partial charge on any atom is -0.486 e. The van der Waals surface area contributed by atoms with E-state index >= 15 is 0 Å². The van der Waals surface area contributed by atoms with Gasteiger partial charge in [0.1, 0.15) is 13.2 Å². The van der Waals surface area contributed by atoms with Crippen molar-refractivity contribution in [2.45, 2.75) is 13.0 Å². The van der Waals surface area contributed by atoms with Crippen molar-refractivity contribution in [3.8, 4) is 11.5 Å². The Kier molecular flexibility index (Phi) is 4.32. The minimum atomic E-state index is 0.144. The molecule has 2 aromatic carbocycles. The van der Waals surface area contributed by atoms with E-state index in [-0.39, 0.29) is 5.91 Å². The van der Waals surface area contributed by atoms with E-state index in [9.17, 15) is 4.79 Å². The van der Waals surface area contributed by atoms with Crippen LogP contribution in [0.5, 0.6) is 11.5 Å². The number of carbonyl (C=O) groups is 1. The van der Waals surface area contributed by atoms with Crippen molar-refractivity contribution in [3.05, 3.63) is 53.6 Å². The molecule has 0 bridgehead atoms. The van der Waals surface area contributed by atoms with E-state index in [0.717, 1.165) is 35.7 Å². The first-order valence-electron chi connectivity index (χ1n) is 8.66. The number of carbonyl (C=O) groups excluding carboxylic acids is 1. The Balaban J connectivity index is 1.39. The van der Waals surface area contributed by atoms with Gasteiger partial charge in [-0.05, 0) is 42.8 Å². The quantitative estimate of drug-likeness (QED) is 0.859. The van der Waals surface area contributed by atoms with Crippen LogP contribution in [0.2, 0.25) is 0 Å². The Labute approximate surface area is 147 Å². The molecule has 0 saturated heterocycles. The lowest BCUT2D eigenvalue weighted by Crippen LogP contribution is -2.37. The molecule has 25 heavy (non-hydrogen) atoms.